The van der Waals surface area contributed by atoms with E-state index < -0.39 is 10.0 Å². The zero-order valence-electron chi connectivity index (χ0n) is 14.0. The fourth-order valence-electron chi connectivity index (χ4n) is 3.23. The van der Waals surface area contributed by atoms with Crippen molar-refractivity contribution in [1.82, 2.24) is 9.55 Å². The first-order valence-corrected chi connectivity index (χ1v) is 10.1. The zero-order valence-corrected chi connectivity index (χ0v) is 14.9. The summed E-state index contributed by atoms with van der Waals surface area (Å²) in [5, 5.41) is 0. The number of hydrogen-bond donors (Lipinski definition) is 2. The summed E-state index contributed by atoms with van der Waals surface area (Å²) >= 11 is 0. The summed E-state index contributed by atoms with van der Waals surface area (Å²) in [6, 6.07) is 7.05. The van der Waals surface area contributed by atoms with Crippen LogP contribution in [0.4, 0.5) is 5.69 Å². The van der Waals surface area contributed by atoms with Crippen molar-refractivity contribution >= 4 is 15.7 Å². The lowest BCUT2D eigenvalue weighted by Crippen LogP contribution is -2.37. The average Bonchev–Trinajstić information content (AvgIpc) is 2.55. The van der Waals surface area contributed by atoms with Crippen molar-refractivity contribution in [2.24, 2.45) is 0 Å². The van der Waals surface area contributed by atoms with Crippen molar-refractivity contribution in [2.45, 2.75) is 38.6 Å². The summed E-state index contributed by atoms with van der Waals surface area (Å²) in [5.74, 6) is 0. The molecular formula is C17H21N3O4S. The molecule has 0 amide bonds. The quantitative estimate of drug-likeness (QED) is 0.828. The van der Waals surface area contributed by atoms with E-state index in [2.05, 4.69) is 9.71 Å². The van der Waals surface area contributed by atoms with Crippen LogP contribution in [-0.2, 0) is 35.8 Å². The highest BCUT2D eigenvalue weighted by Gasteiger charge is 2.18. The van der Waals surface area contributed by atoms with Crippen LogP contribution in [0.25, 0.3) is 0 Å². The molecule has 1 heterocycles. The number of benzene rings is 1. The molecule has 0 saturated carbocycles. The van der Waals surface area contributed by atoms with Crippen molar-refractivity contribution in [1.29, 1.82) is 0 Å². The number of anilines is 1. The van der Waals surface area contributed by atoms with Crippen LogP contribution in [0.5, 0.6) is 0 Å². The van der Waals surface area contributed by atoms with E-state index in [1.54, 1.807) is 16.7 Å². The maximum absolute atomic E-state index is 12.2. The molecular weight excluding hydrogens is 342 g/mol. The van der Waals surface area contributed by atoms with E-state index in [9.17, 15) is 18.0 Å². The van der Waals surface area contributed by atoms with Crippen molar-refractivity contribution in [3.05, 3.63) is 61.9 Å². The van der Waals surface area contributed by atoms with E-state index in [1.165, 1.54) is 0 Å². The molecule has 134 valence electrons. The van der Waals surface area contributed by atoms with Crippen LogP contribution in [0.3, 0.4) is 0 Å². The Hall–Kier alpha value is -2.35. The van der Waals surface area contributed by atoms with Crippen molar-refractivity contribution in [3.63, 3.8) is 0 Å². The molecule has 1 aliphatic carbocycles. The number of aromatic amines is 1. The molecule has 2 N–H and O–H groups in total. The van der Waals surface area contributed by atoms with Crippen molar-refractivity contribution in [2.75, 3.05) is 11.0 Å². The Balaban J connectivity index is 1.78. The number of fused-ring (bicyclic) bond motifs is 1. The highest BCUT2D eigenvalue weighted by Crippen LogP contribution is 2.17. The van der Waals surface area contributed by atoms with E-state index in [0.717, 1.165) is 48.8 Å². The van der Waals surface area contributed by atoms with Gasteiger partial charge in [0, 0.05) is 23.5 Å². The SMILES string of the molecule is CS(=O)(=O)Nc1ccc(CCn2c3c(c(=O)[nH]c2=O)CCCC3)cc1. The molecule has 25 heavy (non-hydrogen) atoms. The van der Waals surface area contributed by atoms with Gasteiger partial charge >= 0.3 is 5.69 Å². The van der Waals surface area contributed by atoms with Crippen LogP contribution >= 0.6 is 0 Å². The number of aromatic nitrogens is 2. The lowest BCUT2D eigenvalue weighted by molar-refractivity contribution is 0.552. The maximum Gasteiger partial charge on any atom is 0.328 e. The molecule has 1 aliphatic rings. The monoisotopic (exact) mass is 363 g/mol. The zero-order chi connectivity index (χ0) is 18.0. The Kier molecular flexibility index (Phi) is 4.80. The van der Waals surface area contributed by atoms with E-state index in [-0.39, 0.29) is 11.2 Å². The fourth-order valence-corrected chi connectivity index (χ4v) is 3.79. The molecule has 0 saturated heterocycles. The summed E-state index contributed by atoms with van der Waals surface area (Å²) in [7, 11) is -3.29. The van der Waals surface area contributed by atoms with Gasteiger partial charge in [-0.3, -0.25) is 19.1 Å². The minimum absolute atomic E-state index is 0.257. The van der Waals surface area contributed by atoms with Gasteiger partial charge in [-0.2, -0.15) is 0 Å². The summed E-state index contributed by atoms with van der Waals surface area (Å²) in [6.07, 6.45) is 5.16. The van der Waals surface area contributed by atoms with Crippen LogP contribution in [0.2, 0.25) is 0 Å². The van der Waals surface area contributed by atoms with Crippen LogP contribution in [0, 0.1) is 0 Å². The number of nitrogens with one attached hydrogen (secondary N) is 2. The molecule has 3 rings (SSSR count). The molecule has 0 bridgehead atoms. The van der Waals surface area contributed by atoms with Gasteiger partial charge in [-0.05, 0) is 49.8 Å². The van der Waals surface area contributed by atoms with Gasteiger partial charge in [0.15, 0.2) is 0 Å². The summed E-state index contributed by atoms with van der Waals surface area (Å²) in [4.78, 5) is 26.5. The predicted molar refractivity (Wildman–Crippen MR) is 96.6 cm³/mol. The molecule has 2 aromatic rings. The van der Waals surface area contributed by atoms with Gasteiger partial charge in [0.1, 0.15) is 0 Å². The second-order valence-electron chi connectivity index (χ2n) is 6.36. The second-order valence-corrected chi connectivity index (χ2v) is 8.11. The number of nitrogens with zero attached hydrogens (tertiary/aromatic N) is 1. The molecule has 0 aliphatic heterocycles. The minimum atomic E-state index is -3.29. The van der Waals surface area contributed by atoms with Gasteiger partial charge in [0.2, 0.25) is 10.0 Å². The molecule has 7 nitrogen and oxygen atoms in total. The minimum Gasteiger partial charge on any atom is -0.297 e. The third kappa shape index (κ3) is 4.19. The molecule has 0 spiro atoms. The third-order valence-corrected chi connectivity index (χ3v) is 4.99. The van der Waals surface area contributed by atoms with E-state index in [1.807, 2.05) is 12.1 Å². The lowest BCUT2D eigenvalue weighted by Gasteiger charge is -2.19. The first-order valence-electron chi connectivity index (χ1n) is 8.25. The van der Waals surface area contributed by atoms with Crippen LogP contribution < -0.4 is 16.0 Å². The highest BCUT2D eigenvalue weighted by molar-refractivity contribution is 7.92. The number of rotatable bonds is 5. The summed E-state index contributed by atoms with van der Waals surface area (Å²) in [6.45, 7) is 0.483. The fraction of sp³-hybridized carbons (Fsp3) is 0.412. The van der Waals surface area contributed by atoms with Gasteiger partial charge in [-0.25, -0.2) is 13.2 Å². The number of aryl methyl sites for hydroxylation is 1. The molecule has 0 unspecified atom stereocenters. The lowest BCUT2D eigenvalue weighted by atomic mass is 9.96. The van der Waals surface area contributed by atoms with Gasteiger partial charge in [-0.15, -0.1) is 0 Å². The molecule has 1 aromatic heterocycles. The van der Waals surface area contributed by atoms with Gasteiger partial charge in [0.05, 0.1) is 6.26 Å². The standard InChI is InChI=1S/C17H21N3O4S/c1-25(23,24)19-13-8-6-12(7-9-13)10-11-20-15-5-3-2-4-14(15)16(21)18-17(20)22/h6-9,19H,2-5,10-11H2,1H3,(H,18,21,22). The van der Waals surface area contributed by atoms with E-state index >= 15 is 0 Å². The maximum atomic E-state index is 12.2. The van der Waals surface area contributed by atoms with Crippen LogP contribution in [0.15, 0.2) is 33.9 Å². The third-order valence-electron chi connectivity index (χ3n) is 4.39. The van der Waals surface area contributed by atoms with E-state index in [0.29, 0.717) is 18.7 Å². The Bertz CT molecular complexity index is 988. The molecule has 0 atom stereocenters. The molecule has 0 fully saturated rings. The molecule has 1 aromatic carbocycles. The van der Waals surface area contributed by atoms with Gasteiger partial charge in [0.25, 0.3) is 5.56 Å². The van der Waals surface area contributed by atoms with Crippen molar-refractivity contribution in [3.8, 4) is 0 Å². The smallest absolute Gasteiger partial charge is 0.297 e. The first kappa shape index (κ1) is 17.5. The number of hydrogen-bond acceptors (Lipinski definition) is 4. The van der Waals surface area contributed by atoms with Gasteiger partial charge < -0.3 is 0 Å². The topological polar surface area (TPSA) is 101 Å². The van der Waals surface area contributed by atoms with Crippen LogP contribution in [0.1, 0.15) is 29.7 Å². The molecule has 0 radical (unpaired) electrons. The Morgan fingerprint density at radius 1 is 1.12 bits per heavy atom. The van der Waals surface area contributed by atoms with Crippen LogP contribution in [-0.4, -0.2) is 24.2 Å². The summed E-state index contributed by atoms with van der Waals surface area (Å²) in [5.41, 5.74) is 2.47. The highest BCUT2D eigenvalue weighted by atomic mass is 32.2. The van der Waals surface area contributed by atoms with Gasteiger partial charge in [-0.1, -0.05) is 12.1 Å². The molecule has 8 heteroatoms. The average molecular weight is 363 g/mol. The van der Waals surface area contributed by atoms with Crippen molar-refractivity contribution < 1.29 is 8.42 Å². The Morgan fingerprint density at radius 2 is 1.80 bits per heavy atom. The number of H-pyrrole nitrogens is 1. The first-order chi connectivity index (χ1) is 11.8. The predicted octanol–water partition coefficient (Wildman–Crippen LogP) is 1.03. The summed E-state index contributed by atoms with van der Waals surface area (Å²) < 4.78 is 26.5. The number of sulfonamides is 1. The second kappa shape index (κ2) is 6.87. The largest absolute Gasteiger partial charge is 0.328 e. The van der Waals surface area contributed by atoms with E-state index in [4.69, 9.17) is 0 Å². The normalized spacial score (nSPS) is 14.1. The Morgan fingerprint density at radius 3 is 2.48 bits per heavy atom. The Labute approximate surface area is 145 Å².